The fourth-order valence-corrected chi connectivity index (χ4v) is 1.47. The van der Waals surface area contributed by atoms with Crippen molar-refractivity contribution in [1.29, 1.82) is 0 Å². The van der Waals surface area contributed by atoms with Crippen molar-refractivity contribution in [3.8, 4) is 0 Å². The van der Waals surface area contributed by atoms with Crippen LogP contribution in [0.25, 0.3) is 0 Å². The van der Waals surface area contributed by atoms with Crippen LogP contribution in [-0.2, 0) is 4.79 Å². The van der Waals surface area contributed by atoms with Gasteiger partial charge in [0.15, 0.2) is 4.33 Å². The number of halogens is 2. The summed E-state index contributed by atoms with van der Waals surface area (Å²) in [5.41, 5.74) is 1.53. The van der Waals surface area contributed by atoms with Crippen LogP contribution in [0.4, 0.5) is 5.13 Å². The maximum Gasteiger partial charge on any atom is 0.264 e. The van der Waals surface area contributed by atoms with Crippen molar-refractivity contribution >= 4 is 45.6 Å². The average molecular weight is 240 g/mol. The Hall–Kier alpha value is -0.390. The van der Waals surface area contributed by atoms with Crippen LogP contribution in [-0.4, -0.2) is 27.5 Å². The van der Waals surface area contributed by atoms with Gasteiger partial charge in [0.05, 0.1) is 0 Å². The normalized spacial score (nSPS) is 11.4. The molecule has 0 N–H and O–H groups in total. The summed E-state index contributed by atoms with van der Waals surface area (Å²) < 4.78 is -1.43. The van der Waals surface area contributed by atoms with Gasteiger partial charge >= 0.3 is 0 Å². The van der Waals surface area contributed by atoms with Crippen LogP contribution < -0.4 is 4.90 Å². The lowest BCUT2D eigenvalue weighted by Crippen LogP contribution is -2.37. The first-order valence-corrected chi connectivity index (χ1v) is 4.98. The predicted molar refractivity (Wildman–Crippen MR) is 53.4 cm³/mol. The third kappa shape index (κ3) is 2.52. The first-order chi connectivity index (χ1) is 5.93. The van der Waals surface area contributed by atoms with E-state index in [2.05, 4.69) is 10.2 Å². The summed E-state index contributed by atoms with van der Waals surface area (Å²) in [6.45, 7) is 1.41. The second kappa shape index (κ2) is 3.77. The van der Waals surface area contributed by atoms with Crippen LogP contribution in [0, 0.1) is 0 Å². The van der Waals surface area contributed by atoms with Gasteiger partial charge in [-0.3, -0.25) is 9.69 Å². The van der Waals surface area contributed by atoms with E-state index in [0.717, 1.165) is 0 Å². The highest BCUT2D eigenvalue weighted by Crippen LogP contribution is 2.25. The van der Waals surface area contributed by atoms with Crippen LogP contribution in [0.2, 0.25) is 0 Å². The van der Waals surface area contributed by atoms with Gasteiger partial charge in [-0.1, -0.05) is 34.5 Å². The Balaban J connectivity index is 2.81. The van der Waals surface area contributed by atoms with Gasteiger partial charge in [0.1, 0.15) is 5.51 Å². The maximum atomic E-state index is 11.5. The molecule has 1 aromatic heterocycles. The molecule has 0 aliphatic rings. The van der Waals surface area contributed by atoms with E-state index in [4.69, 9.17) is 23.2 Å². The van der Waals surface area contributed by atoms with Crippen molar-refractivity contribution in [3.63, 3.8) is 0 Å². The predicted octanol–water partition coefficient (Wildman–Crippen LogP) is 1.69. The van der Waals surface area contributed by atoms with Crippen LogP contribution >= 0.6 is 34.5 Å². The number of carbonyl (C=O) groups is 1. The SMILES string of the molecule is CN(C(=O)C(C)(Cl)Cl)c1nncs1. The molecule has 0 aliphatic heterocycles. The van der Waals surface area contributed by atoms with Crippen molar-refractivity contribution < 1.29 is 4.79 Å². The van der Waals surface area contributed by atoms with Crippen LogP contribution in [0.3, 0.4) is 0 Å². The molecular weight excluding hydrogens is 233 g/mol. The highest BCUT2D eigenvalue weighted by Gasteiger charge is 2.32. The minimum Gasteiger partial charge on any atom is -0.287 e. The second-order valence-electron chi connectivity index (χ2n) is 2.47. The number of hydrogen-bond donors (Lipinski definition) is 0. The maximum absolute atomic E-state index is 11.5. The highest BCUT2D eigenvalue weighted by molar-refractivity contribution is 7.13. The molecule has 0 aromatic carbocycles. The number of rotatable bonds is 2. The Bertz CT molecular complexity index is 295. The van der Waals surface area contributed by atoms with Gasteiger partial charge in [0.2, 0.25) is 5.13 Å². The lowest BCUT2D eigenvalue weighted by molar-refractivity contribution is -0.118. The number of nitrogens with zero attached hydrogens (tertiary/aromatic N) is 3. The van der Waals surface area contributed by atoms with E-state index in [9.17, 15) is 4.79 Å². The molecule has 72 valence electrons. The lowest BCUT2D eigenvalue weighted by Gasteiger charge is -2.19. The quantitative estimate of drug-likeness (QED) is 0.739. The summed E-state index contributed by atoms with van der Waals surface area (Å²) in [6.07, 6.45) is 0. The van der Waals surface area contributed by atoms with E-state index in [-0.39, 0.29) is 0 Å². The Labute approximate surface area is 89.5 Å². The third-order valence-corrected chi connectivity index (χ3v) is 2.40. The van der Waals surface area contributed by atoms with Crippen molar-refractivity contribution in [2.24, 2.45) is 0 Å². The zero-order valence-corrected chi connectivity index (χ0v) is 9.32. The van der Waals surface area contributed by atoms with Crippen LogP contribution in [0.5, 0.6) is 0 Å². The summed E-state index contributed by atoms with van der Waals surface area (Å²) in [5.74, 6) is -0.424. The van der Waals surface area contributed by atoms with E-state index < -0.39 is 10.2 Å². The molecular formula is C6H7Cl2N3OS. The first-order valence-electron chi connectivity index (χ1n) is 3.35. The minimum absolute atomic E-state index is 0.424. The van der Waals surface area contributed by atoms with Gasteiger partial charge in [-0.15, -0.1) is 10.2 Å². The zero-order valence-electron chi connectivity index (χ0n) is 6.99. The molecule has 13 heavy (non-hydrogen) atoms. The molecule has 0 spiro atoms. The molecule has 0 aliphatic carbocycles. The Kier molecular flexibility index (Phi) is 3.10. The molecule has 0 saturated heterocycles. The molecule has 1 amide bonds. The molecule has 4 nitrogen and oxygen atoms in total. The summed E-state index contributed by atoms with van der Waals surface area (Å²) in [6, 6.07) is 0. The molecule has 0 radical (unpaired) electrons. The number of hydrogen-bond acceptors (Lipinski definition) is 4. The average Bonchev–Trinajstić information content (AvgIpc) is 2.51. The summed E-state index contributed by atoms with van der Waals surface area (Å²) in [4.78, 5) is 12.7. The molecule has 1 heterocycles. The molecule has 7 heteroatoms. The van der Waals surface area contributed by atoms with E-state index >= 15 is 0 Å². The van der Waals surface area contributed by atoms with Crippen LogP contribution in [0.15, 0.2) is 5.51 Å². The lowest BCUT2D eigenvalue weighted by atomic mass is 10.4. The summed E-state index contributed by atoms with van der Waals surface area (Å²) in [7, 11) is 1.55. The van der Waals surface area contributed by atoms with E-state index in [1.807, 2.05) is 0 Å². The Morgan fingerprint density at radius 3 is 2.69 bits per heavy atom. The molecule has 0 unspecified atom stereocenters. The number of alkyl halides is 2. The van der Waals surface area contributed by atoms with Crippen molar-refractivity contribution in [2.45, 2.75) is 11.3 Å². The second-order valence-corrected chi connectivity index (χ2v) is 4.99. The molecule has 0 atom stereocenters. The van der Waals surface area contributed by atoms with Crippen molar-refractivity contribution in [2.75, 3.05) is 11.9 Å². The Morgan fingerprint density at radius 1 is 1.69 bits per heavy atom. The monoisotopic (exact) mass is 239 g/mol. The fourth-order valence-electron chi connectivity index (χ4n) is 0.695. The zero-order chi connectivity index (χ0) is 10.1. The molecule has 0 saturated carbocycles. The standard InChI is InChI=1S/C6H7Cl2N3OS/c1-6(7,8)4(12)11(2)5-10-9-3-13-5/h3H,1-2H3. The van der Waals surface area contributed by atoms with Gasteiger partial charge in [-0.25, -0.2) is 0 Å². The number of carbonyl (C=O) groups excluding carboxylic acids is 1. The van der Waals surface area contributed by atoms with E-state index in [1.54, 1.807) is 7.05 Å². The number of aromatic nitrogens is 2. The van der Waals surface area contributed by atoms with Gasteiger partial charge in [0, 0.05) is 7.05 Å². The van der Waals surface area contributed by atoms with Gasteiger partial charge in [-0.2, -0.15) is 0 Å². The van der Waals surface area contributed by atoms with Crippen molar-refractivity contribution in [3.05, 3.63) is 5.51 Å². The van der Waals surface area contributed by atoms with Gasteiger partial charge < -0.3 is 0 Å². The first kappa shape index (κ1) is 10.7. The molecule has 0 fully saturated rings. The molecule has 1 aromatic rings. The highest BCUT2D eigenvalue weighted by atomic mass is 35.5. The number of anilines is 1. The van der Waals surface area contributed by atoms with E-state index in [1.165, 1.54) is 28.7 Å². The molecule has 1 rings (SSSR count). The molecule has 0 bridgehead atoms. The van der Waals surface area contributed by atoms with Gasteiger partial charge in [0.25, 0.3) is 5.91 Å². The Morgan fingerprint density at radius 2 is 2.31 bits per heavy atom. The van der Waals surface area contributed by atoms with Gasteiger partial charge in [-0.05, 0) is 6.92 Å². The number of amides is 1. The van der Waals surface area contributed by atoms with E-state index in [0.29, 0.717) is 5.13 Å². The van der Waals surface area contributed by atoms with Crippen LogP contribution in [0.1, 0.15) is 6.92 Å². The topological polar surface area (TPSA) is 46.1 Å². The largest absolute Gasteiger partial charge is 0.287 e. The minimum atomic E-state index is -1.43. The smallest absolute Gasteiger partial charge is 0.264 e. The van der Waals surface area contributed by atoms with Crippen molar-refractivity contribution in [1.82, 2.24) is 10.2 Å². The summed E-state index contributed by atoms with van der Waals surface area (Å²) in [5, 5.41) is 7.77. The fraction of sp³-hybridized carbons (Fsp3) is 0.500. The third-order valence-electron chi connectivity index (χ3n) is 1.32. The summed E-state index contributed by atoms with van der Waals surface area (Å²) >= 11 is 12.5.